The number of H-pyrrole nitrogens is 1. The van der Waals surface area contributed by atoms with Gasteiger partial charge >= 0.3 is 47.5 Å². The number of nitrogen functional groups attached to an aromatic ring is 3. The number of methoxy groups -OCH3 is 1. The maximum Gasteiger partial charge on any atom is 1.00 e. The molecule has 0 radical (unpaired) electrons. The van der Waals surface area contributed by atoms with Gasteiger partial charge in [-0.3, -0.25) is 9.13 Å². The summed E-state index contributed by atoms with van der Waals surface area (Å²) in [5.74, 6) is -1.26. The fourth-order valence-corrected chi connectivity index (χ4v) is 11.0. The quantitative estimate of drug-likeness (QED) is 0.0400. The summed E-state index contributed by atoms with van der Waals surface area (Å²) in [6.07, 6.45) is 0.839. The zero-order valence-electron chi connectivity index (χ0n) is 51.9. The number of aliphatic hydroxyl groups is 3. The molecular weight excluding hydrogens is 1250 g/mol. The number of hydrogen-bond donors (Lipinski definition) is 7. The first kappa shape index (κ1) is 71.7. The predicted octanol–water partition coefficient (Wildman–Crippen LogP) is 2.84. The van der Waals surface area contributed by atoms with Crippen LogP contribution in [0.1, 0.15) is 105 Å². The molecule has 3 saturated heterocycles. The van der Waals surface area contributed by atoms with Gasteiger partial charge < -0.3 is 75.8 Å². The second kappa shape index (κ2) is 30.8. The molecule has 0 aliphatic carbocycles. The van der Waals surface area contributed by atoms with E-state index in [1.165, 1.54) is 31.3 Å². The molecule has 92 heavy (non-hydrogen) atoms. The van der Waals surface area contributed by atoms with Crippen LogP contribution < -0.4 is 56.6 Å². The van der Waals surface area contributed by atoms with Gasteiger partial charge in [0.15, 0.2) is 56.4 Å². The van der Waals surface area contributed by atoms with Gasteiger partial charge in [-0.1, -0.05) is 105 Å². The van der Waals surface area contributed by atoms with E-state index in [1.54, 1.807) is 90.6 Å². The minimum atomic E-state index is -1.64. The number of nitrogens with two attached hydrogens (primary N) is 3. The number of ether oxygens (including phenoxy) is 7. The average Bonchev–Trinajstić information content (AvgIpc) is 1.62. The molecular formula is C60H70Cl2N15NaO14. The Kier molecular flexibility index (Phi) is 24.0. The Hall–Kier alpha value is -7.78. The molecule has 0 bridgehead atoms. The number of anilines is 3. The molecule has 32 heteroatoms. The number of halogens is 2. The van der Waals surface area contributed by atoms with Crippen LogP contribution >= 0.6 is 23.2 Å². The number of aliphatic hydroxyl groups excluding tert-OH is 2. The predicted molar refractivity (Wildman–Crippen MR) is 330 cm³/mol. The van der Waals surface area contributed by atoms with Crippen LogP contribution in [0.15, 0.2) is 110 Å². The van der Waals surface area contributed by atoms with Gasteiger partial charge in [0.2, 0.25) is 30.0 Å². The number of aromatic nitrogens is 12. The normalized spacial score (nSPS) is 25.3. The second-order valence-corrected chi connectivity index (χ2v) is 22.3. The molecule has 6 aromatic heterocycles. The molecule has 3 aliphatic rings. The molecule has 0 saturated carbocycles. The van der Waals surface area contributed by atoms with Crippen molar-refractivity contribution in [2.75, 3.05) is 38.0 Å². The van der Waals surface area contributed by atoms with E-state index in [-0.39, 0.29) is 82.5 Å². The number of rotatable bonds is 12. The van der Waals surface area contributed by atoms with Crippen LogP contribution in [0.25, 0.3) is 33.5 Å². The third kappa shape index (κ3) is 15.0. The summed E-state index contributed by atoms with van der Waals surface area (Å²) in [6, 6.07) is 26.3. The number of hydrogen-bond acceptors (Lipinski definition) is 26. The summed E-state index contributed by atoms with van der Waals surface area (Å²) >= 11 is 11.9. The van der Waals surface area contributed by atoms with Crippen molar-refractivity contribution in [1.29, 1.82) is 0 Å². The Morgan fingerprint density at radius 2 is 1.10 bits per heavy atom. The molecule has 9 heterocycles. The molecule has 3 aliphatic heterocycles. The Morgan fingerprint density at radius 1 is 0.641 bits per heavy atom. The first-order valence-electron chi connectivity index (χ1n) is 28.5. The van der Waals surface area contributed by atoms with Gasteiger partial charge in [-0.25, -0.2) is 29.3 Å². The molecule has 0 spiro atoms. The molecule has 9 aromatic rings. The van der Waals surface area contributed by atoms with Crippen molar-refractivity contribution in [2.45, 2.75) is 121 Å². The first-order valence-corrected chi connectivity index (χ1v) is 29.3. The van der Waals surface area contributed by atoms with Gasteiger partial charge in [-0.2, -0.15) is 37.0 Å². The van der Waals surface area contributed by atoms with E-state index in [4.69, 9.17) is 78.7 Å². The van der Waals surface area contributed by atoms with E-state index in [9.17, 15) is 29.7 Å². The molecule has 29 nitrogen and oxygen atoms in total. The van der Waals surface area contributed by atoms with Gasteiger partial charge in [-0.05, 0) is 70.0 Å². The fourth-order valence-electron chi connectivity index (χ4n) is 10.6. The summed E-state index contributed by atoms with van der Waals surface area (Å²) in [7, 11) is 2.17. The first-order chi connectivity index (χ1) is 43.5. The van der Waals surface area contributed by atoms with E-state index in [2.05, 4.69) is 49.8 Å². The number of carbonyl (C=O) groups is 3. The van der Waals surface area contributed by atoms with Crippen molar-refractivity contribution < 1.29 is 97.5 Å². The van der Waals surface area contributed by atoms with Gasteiger partial charge in [0, 0.05) is 11.8 Å². The number of fused-ring (bicyclic) bond motifs is 3. The third-order valence-electron chi connectivity index (χ3n) is 15.9. The van der Waals surface area contributed by atoms with E-state index in [0.29, 0.717) is 55.3 Å². The summed E-state index contributed by atoms with van der Waals surface area (Å²) < 4.78 is 43.5. The van der Waals surface area contributed by atoms with Crippen molar-refractivity contribution in [3.8, 4) is 5.88 Å². The standard InChI is InChI=1S/C22H24O5.C20H22ClN5O3.C12H17N5O5.C5H4ClN5.CH3O.Na/c1-4-18-15(2)22(3,27-20(24)17-13-9-6-10-14-17)21(25-18)26-19(23)16-11-7-5-8-12-16;1-4-13-11(2)20(3,29-17(27)12-8-6-5-7-9-12)18(28-13)26-10-23-14-15(21)24-19(22)25-16(14)26;1-12(20)7(19)5(3-18)22-10(12)17-4-14-6-8(17)15-11(13)16-9(6)21-2;6-3-2-4(9-1-8-2)11-5(7)10-3;1-2;/h5-15,18,21H,4H2,1-3H3;5-11,13,18H,4H2,1-3H3,(H2,22,24,25);4-5,7,10,18-20H,3H2,1-2H3,(H2,13,15,16);1H,(H3,7,8,9,10,11);1H3;/q;;;;-1;+1/t15-,18-,21+,22-;11-,13-,18-,20-;5-,7-,10-,12-;;;/m111.../s1. The van der Waals surface area contributed by atoms with Crippen LogP contribution in [0.4, 0.5) is 17.8 Å². The number of nitrogens with zero attached hydrogens (tertiary/aromatic N) is 11. The number of carbonyl (C=O) groups excluding carboxylic acids is 3. The van der Waals surface area contributed by atoms with Gasteiger partial charge in [0.05, 0.1) is 61.6 Å². The van der Waals surface area contributed by atoms with E-state index < -0.39 is 72.3 Å². The van der Waals surface area contributed by atoms with Crippen LogP contribution in [0.2, 0.25) is 10.3 Å². The fraction of sp³-hybridized carbons (Fsp3) is 0.400. The van der Waals surface area contributed by atoms with Gasteiger partial charge in [0.1, 0.15) is 28.8 Å². The zero-order chi connectivity index (χ0) is 66.1. The third-order valence-corrected chi connectivity index (χ3v) is 16.4. The van der Waals surface area contributed by atoms with Crippen LogP contribution in [-0.4, -0.2) is 161 Å². The Balaban J connectivity index is 0.000000178. The van der Waals surface area contributed by atoms with Crippen molar-refractivity contribution in [3.05, 3.63) is 137 Å². The van der Waals surface area contributed by atoms with Crippen molar-refractivity contribution in [1.82, 2.24) is 59.0 Å². The van der Waals surface area contributed by atoms with Crippen LogP contribution in [0.5, 0.6) is 5.88 Å². The van der Waals surface area contributed by atoms with Crippen molar-refractivity contribution in [2.24, 2.45) is 11.8 Å². The zero-order valence-corrected chi connectivity index (χ0v) is 55.5. The molecule has 12 rings (SSSR count). The Labute approximate surface area is 559 Å². The largest absolute Gasteiger partial charge is 1.00 e. The number of benzene rings is 3. The smallest absolute Gasteiger partial charge is 0.857 e. The molecule has 10 N–H and O–H groups in total. The van der Waals surface area contributed by atoms with E-state index in [1.807, 2.05) is 52.8 Å². The summed E-state index contributed by atoms with van der Waals surface area (Å²) in [5, 5.41) is 38.5. The second-order valence-electron chi connectivity index (χ2n) is 21.5. The monoisotopic (exact) mass is 1320 g/mol. The minimum absolute atomic E-state index is 0. The number of esters is 3. The molecule has 484 valence electrons. The van der Waals surface area contributed by atoms with Gasteiger partial charge in [0.25, 0.3) is 0 Å². The minimum Gasteiger partial charge on any atom is -0.857 e. The SMILES string of the molecule is CC[C@H]1O[C@@H](OC(=O)c2ccccc2)[C@](C)(OC(=O)c2ccccc2)[C@@H]1C.CC[C@H]1O[C@@H](n2cnc3c(Cl)nc(N)nc32)[C@](C)(OC(=O)c2ccccc2)[C@@H]1C.COc1nc(N)nc2c1ncn2[C@@H]1O[C@H](CO)[C@@H](O)[C@@]1(C)O.C[O-].Nc1nc(Cl)c2[nH]cnc2n1.[Na+]. The molecule has 0 amide bonds. The average molecular weight is 1320 g/mol. The summed E-state index contributed by atoms with van der Waals surface area (Å²) in [4.78, 5) is 76.9. The Morgan fingerprint density at radius 3 is 1.63 bits per heavy atom. The maximum atomic E-state index is 12.9. The number of imidazole rings is 3. The van der Waals surface area contributed by atoms with Gasteiger partial charge in [-0.15, -0.1) is 0 Å². The Bertz CT molecular complexity index is 3950. The molecule has 3 aromatic carbocycles. The van der Waals surface area contributed by atoms with Crippen LogP contribution in [0, 0.1) is 11.8 Å². The van der Waals surface area contributed by atoms with E-state index in [0.717, 1.165) is 20.0 Å². The number of nitrogens with one attached hydrogen (secondary N) is 1. The van der Waals surface area contributed by atoms with E-state index >= 15 is 0 Å². The molecule has 12 atom stereocenters. The van der Waals surface area contributed by atoms with Crippen molar-refractivity contribution in [3.63, 3.8) is 0 Å². The van der Waals surface area contributed by atoms with Crippen LogP contribution in [-0.2, 0) is 28.4 Å². The topological polar surface area (TPSA) is 419 Å². The van der Waals surface area contributed by atoms with Crippen molar-refractivity contribution >= 4 is 92.4 Å². The maximum absolute atomic E-state index is 12.9. The summed E-state index contributed by atoms with van der Waals surface area (Å²) in [6.45, 7) is 12.6. The molecule has 3 fully saturated rings. The van der Waals surface area contributed by atoms with Crippen LogP contribution in [0.3, 0.4) is 0 Å². The molecule has 0 unspecified atom stereocenters. The number of aromatic amines is 1. The summed E-state index contributed by atoms with van der Waals surface area (Å²) in [5.41, 5.74) is 17.0.